The van der Waals surface area contributed by atoms with E-state index in [1.165, 1.54) is 31.4 Å². The highest BCUT2D eigenvalue weighted by Crippen LogP contribution is 2.19. The summed E-state index contributed by atoms with van der Waals surface area (Å²) in [7, 11) is 1.17. The lowest BCUT2D eigenvalue weighted by molar-refractivity contribution is -0.135. The predicted molar refractivity (Wildman–Crippen MR) is 114 cm³/mol. The summed E-state index contributed by atoms with van der Waals surface area (Å²) in [6.07, 6.45) is 3.62. The van der Waals surface area contributed by atoms with Gasteiger partial charge in [0.2, 0.25) is 0 Å². The van der Waals surface area contributed by atoms with E-state index in [0.717, 1.165) is 6.42 Å². The zero-order valence-corrected chi connectivity index (χ0v) is 17.1. The van der Waals surface area contributed by atoms with Crippen molar-refractivity contribution in [3.05, 3.63) is 70.8 Å². The fourth-order valence-electron chi connectivity index (χ4n) is 2.43. The topological polar surface area (TPSA) is 109 Å². The Balaban J connectivity index is 2.17. The third-order valence-corrected chi connectivity index (χ3v) is 3.91. The fraction of sp³-hybridized carbons (Fsp3) is 0.167. The maximum absolute atomic E-state index is 12.4. The molecule has 2 aromatic carbocycles. The number of carbonyl (C=O) groups excluding carboxylic acids is 2. The predicted octanol–water partition coefficient (Wildman–Crippen LogP) is 4.07. The van der Waals surface area contributed by atoms with Gasteiger partial charge < -0.3 is 14.2 Å². The molecule has 0 amide bonds. The number of benzene rings is 2. The molecule has 0 aromatic heterocycles. The van der Waals surface area contributed by atoms with Gasteiger partial charge in [-0.05, 0) is 54.0 Å². The van der Waals surface area contributed by atoms with Crippen molar-refractivity contribution in [1.82, 2.24) is 0 Å². The van der Waals surface area contributed by atoms with Gasteiger partial charge in [-0.15, -0.1) is 0 Å². The van der Waals surface area contributed by atoms with Crippen LogP contribution >= 0.6 is 0 Å². The third-order valence-electron chi connectivity index (χ3n) is 3.91. The van der Waals surface area contributed by atoms with Crippen LogP contribution in [0.5, 0.6) is 11.5 Å². The average molecular weight is 416 g/mol. The molecule has 0 aliphatic heterocycles. The van der Waals surface area contributed by atoms with Crippen molar-refractivity contribution in [2.75, 3.05) is 13.7 Å². The number of ether oxygens (including phenoxy) is 3. The maximum Gasteiger partial charge on any atom is 0.354 e. The van der Waals surface area contributed by atoms with Crippen LogP contribution < -0.4 is 9.47 Å². The van der Waals surface area contributed by atoms with Crippen LogP contribution in [0, 0.1) is 22.7 Å². The molecule has 0 fully saturated rings. The molecule has 0 atom stereocenters. The number of rotatable bonds is 8. The normalized spacial score (nSPS) is 11.1. The number of hydrogen-bond acceptors (Lipinski definition) is 7. The number of methoxy groups -OCH3 is 1. The number of nitrogens with zero attached hydrogens (tertiary/aromatic N) is 2. The summed E-state index contributed by atoms with van der Waals surface area (Å²) in [6.45, 7) is 2.62. The van der Waals surface area contributed by atoms with Crippen molar-refractivity contribution >= 4 is 24.1 Å². The van der Waals surface area contributed by atoms with Crippen LogP contribution in [0.3, 0.4) is 0 Å². The SMILES string of the molecule is CCCOc1ccc(/C=C(\C#N)C(=O)Oc2cccc(/C=C(\C#N)C(=O)OC)c2)cc1. The first-order valence-electron chi connectivity index (χ1n) is 9.37. The van der Waals surface area contributed by atoms with Crippen molar-refractivity contribution in [2.45, 2.75) is 13.3 Å². The minimum atomic E-state index is -0.830. The van der Waals surface area contributed by atoms with Gasteiger partial charge >= 0.3 is 11.9 Å². The van der Waals surface area contributed by atoms with Crippen molar-refractivity contribution < 1.29 is 23.8 Å². The number of carbonyl (C=O) groups is 2. The van der Waals surface area contributed by atoms with Crippen LogP contribution in [0.2, 0.25) is 0 Å². The Labute approximate surface area is 180 Å². The number of esters is 2. The van der Waals surface area contributed by atoms with E-state index < -0.39 is 11.9 Å². The van der Waals surface area contributed by atoms with Crippen molar-refractivity contribution in [3.63, 3.8) is 0 Å². The Morgan fingerprint density at radius 2 is 1.55 bits per heavy atom. The minimum Gasteiger partial charge on any atom is -0.494 e. The van der Waals surface area contributed by atoms with Gasteiger partial charge in [-0.2, -0.15) is 10.5 Å². The lowest BCUT2D eigenvalue weighted by Gasteiger charge is -2.06. The summed E-state index contributed by atoms with van der Waals surface area (Å²) in [5, 5.41) is 18.4. The van der Waals surface area contributed by atoms with Gasteiger partial charge in [-0.3, -0.25) is 0 Å². The molecule has 156 valence electrons. The molecule has 7 heteroatoms. The molecular formula is C24H20N2O5. The number of nitriles is 2. The summed E-state index contributed by atoms with van der Waals surface area (Å²) in [5.74, 6) is -0.742. The Hall–Kier alpha value is -4.36. The highest BCUT2D eigenvalue weighted by molar-refractivity contribution is 5.99. The van der Waals surface area contributed by atoms with E-state index in [4.69, 9.17) is 14.7 Å². The zero-order chi connectivity index (χ0) is 22.6. The molecular weight excluding hydrogens is 396 g/mol. The monoisotopic (exact) mass is 416 g/mol. The summed E-state index contributed by atoms with van der Waals surface area (Å²) < 4.78 is 15.3. The van der Waals surface area contributed by atoms with Gasteiger partial charge in [0.05, 0.1) is 13.7 Å². The molecule has 31 heavy (non-hydrogen) atoms. The standard InChI is InChI=1S/C24H20N2O5/c1-3-11-30-21-9-7-17(8-10-21)12-20(16-26)24(28)31-22-6-4-5-18(14-22)13-19(15-25)23(27)29-2/h4-10,12-14H,3,11H2,1-2H3/b19-13+,20-12+. The first kappa shape index (κ1) is 22.9. The van der Waals surface area contributed by atoms with E-state index in [1.807, 2.05) is 13.0 Å². The molecule has 7 nitrogen and oxygen atoms in total. The molecule has 0 unspecified atom stereocenters. The highest BCUT2D eigenvalue weighted by Gasteiger charge is 2.13. The lowest BCUT2D eigenvalue weighted by atomic mass is 10.1. The zero-order valence-electron chi connectivity index (χ0n) is 17.1. The average Bonchev–Trinajstić information content (AvgIpc) is 2.80. The first-order valence-corrected chi connectivity index (χ1v) is 9.37. The van der Waals surface area contributed by atoms with Gasteiger partial charge in [-0.25, -0.2) is 9.59 Å². The van der Waals surface area contributed by atoms with E-state index in [1.54, 1.807) is 42.5 Å². The van der Waals surface area contributed by atoms with Crippen molar-refractivity contribution in [3.8, 4) is 23.6 Å². The number of hydrogen-bond donors (Lipinski definition) is 0. The van der Waals surface area contributed by atoms with E-state index in [9.17, 15) is 14.9 Å². The van der Waals surface area contributed by atoms with Crippen LogP contribution in [-0.4, -0.2) is 25.7 Å². The van der Waals surface area contributed by atoms with Crippen LogP contribution in [-0.2, 0) is 14.3 Å². The van der Waals surface area contributed by atoms with Gasteiger partial charge in [0.25, 0.3) is 0 Å². The van der Waals surface area contributed by atoms with E-state index in [0.29, 0.717) is 23.5 Å². The minimum absolute atomic E-state index is 0.158. The molecule has 0 heterocycles. The Bertz CT molecular complexity index is 1090. The highest BCUT2D eigenvalue weighted by atomic mass is 16.5. The molecule has 0 saturated heterocycles. The van der Waals surface area contributed by atoms with Gasteiger partial charge in [0, 0.05) is 0 Å². The van der Waals surface area contributed by atoms with Gasteiger partial charge in [-0.1, -0.05) is 31.2 Å². The summed E-state index contributed by atoms with van der Waals surface area (Å²) in [4.78, 5) is 24.0. The smallest absolute Gasteiger partial charge is 0.354 e. The second kappa shape index (κ2) is 11.6. The molecule has 0 saturated carbocycles. The largest absolute Gasteiger partial charge is 0.494 e. The summed E-state index contributed by atoms with van der Waals surface area (Å²) in [6, 6.07) is 16.8. The molecule has 2 aromatic rings. The van der Waals surface area contributed by atoms with E-state index in [2.05, 4.69) is 4.74 Å². The van der Waals surface area contributed by atoms with Crippen molar-refractivity contribution in [2.24, 2.45) is 0 Å². The van der Waals surface area contributed by atoms with Crippen LogP contribution in [0.4, 0.5) is 0 Å². The molecule has 0 bridgehead atoms. The first-order chi connectivity index (χ1) is 15.0. The van der Waals surface area contributed by atoms with E-state index >= 15 is 0 Å². The van der Waals surface area contributed by atoms with Crippen LogP contribution in [0.1, 0.15) is 24.5 Å². The van der Waals surface area contributed by atoms with Crippen LogP contribution in [0.15, 0.2) is 59.7 Å². The molecule has 0 radical (unpaired) electrons. The third kappa shape index (κ3) is 6.88. The second-order valence-corrected chi connectivity index (χ2v) is 6.21. The summed E-state index contributed by atoms with van der Waals surface area (Å²) >= 11 is 0. The summed E-state index contributed by atoms with van der Waals surface area (Å²) in [5.41, 5.74) is 0.716. The Morgan fingerprint density at radius 3 is 2.16 bits per heavy atom. The fourth-order valence-corrected chi connectivity index (χ4v) is 2.43. The molecule has 2 rings (SSSR count). The maximum atomic E-state index is 12.4. The molecule has 0 N–H and O–H groups in total. The van der Waals surface area contributed by atoms with Crippen LogP contribution in [0.25, 0.3) is 12.2 Å². The van der Waals surface area contributed by atoms with Gasteiger partial charge in [0.1, 0.15) is 34.8 Å². The lowest BCUT2D eigenvalue weighted by Crippen LogP contribution is -2.10. The van der Waals surface area contributed by atoms with Crippen molar-refractivity contribution in [1.29, 1.82) is 10.5 Å². The Morgan fingerprint density at radius 1 is 0.903 bits per heavy atom. The Kier molecular flexibility index (Phi) is 8.57. The van der Waals surface area contributed by atoms with Gasteiger partial charge in [0.15, 0.2) is 0 Å². The second-order valence-electron chi connectivity index (χ2n) is 6.21. The van der Waals surface area contributed by atoms with E-state index in [-0.39, 0.29) is 16.9 Å². The quantitative estimate of drug-likeness (QED) is 0.276. The molecule has 0 spiro atoms. The molecule has 0 aliphatic rings. The molecule has 0 aliphatic carbocycles.